The number of unbranched alkanes of at least 4 members (excludes halogenated alkanes) is 1. The Labute approximate surface area is 258 Å². The van der Waals surface area contributed by atoms with Gasteiger partial charge in [0.15, 0.2) is 16.4 Å². The van der Waals surface area contributed by atoms with E-state index in [9.17, 15) is 22.8 Å². The van der Waals surface area contributed by atoms with Crippen molar-refractivity contribution >= 4 is 39.0 Å². The van der Waals surface area contributed by atoms with Crippen LogP contribution in [0.5, 0.6) is 5.75 Å². The van der Waals surface area contributed by atoms with E-state index in [0.717, 1.165) is 24.9 Å². The minimum atomic E-state index is -3.65. The smallest absolute Gasteiger partial charge is 0.322 e. The van der Waals surface area contributed by atoms with Crippen LogP contribution in [0.4, 0.5) is 11.4 Å². The van der Waals surface area contributed by atoms with Crippen LogP contribution in [0, 0.1) is 5.41 Å². The number of sulfone groups is 1. The van der Waals surface area contributed by atoms with E-state index >= 15 is 0 Å². The molecule has 1 aliphatic rings. The Bertz CT molecular complexity index is 1560. The van der Waals surface area contributed by atoms with Crippen LogP contribution in [0.3, 0.4) is 0 Å². The number of amides is 2. The molecule has 0 saturated carbocycles. The molecule has 44 heavy (non-hydrogen) atoms. The molecule has 3 N–H and O–H groups in total. The third kappa shape index (κ3) is 7.96. The molecule has 4 rings (SSSR count). The molecule has 0 bridgehead atoms. The number of carboxylic acid groups (broad SMARTS) is 1. The number of carbonyl (C=O) groups excluding carboxylic acids is 2. The lowest BCUT2D eigenvalue weighted by atomic mass is 9.81. The number of benzene rings is 3. The Kier molecular flexibility index (Phi) is 10.6. The lowest BCUT2D eigenvalue weighted by molar-refractivity contribution is -0.138. The third-order valence-electron chi connectivity index (χ3n) is 7.91. The average molecular weight is 622 g/mol. The molecule has 1 aliphatic heterocycles. The molecule has 0 fully saturated rings. The first-order valence-electron chi connectivity index (χ1n) is 14.7. The van der Waals surface area contributed by atoms with Crippen molar-refractivity contribution in [3.05, 3.63) is 84.4 Å². The number of fused-ring (bicyclic) bond motifs is 1. The molecule has 0 radical (unpaired) electrons. The normalized spacial score (nSPS) is 17.9. The molecular weight excluding hydrogens is 582 g/mol. The van der Waals surface area contributed by atoms with Gasteiger partial charge in [0.2, 0.25) is 5.91 Å². The highest BCUT2D eigenvalue weighted by Crippen LogP contribution is 2.45. The molecule has 234 valence electrons. The Morgan fingerprint density at radius 3 is 2.32 bits per heavy atom. The number of carbonyl (C=O) groups is 3. The van der Waals surface area contributed by atoms with Gasteiger partial charge in [-0.1, -0.05) is 75.2 Å². The number of para-hydroxylation sites is 1. The van der Waals surface area contributed by atoms with Crippen LogP contribution < -0.4 is 20.3 Å². The van der Waals surface area contributed by atoms with Crippen LogP contribution >= 0.6 is 0 Å². The monoisotopic (exact) mass is 621 g/mol. The Morgan fingerprint density at radius 2 is 1.68 bits per heavy atom. The zero-order valence-electron chi connectivity index (χ0n) is 25.0. The van der Waals surface area contributed by atoms with Gasteiger partial charge >= 0.3 is 5.97 Å². The maximum Gasteiger partial charge on any atom is 0.322 e. The van der Waals surface area contributed by atoms with Gasteiger partial charge in [0.05, 0.1) is 16.3 Å². The second kappa shape index (κ2) is 14.4. The number of aliphatic carboxylic acids is 1. The van der Waals surface area contributed by atoms with Gasteiger partial charge in [0.1, 0.15) is 18.3 Å². The fourth-order valence-corrected chi connectivity index (χ4v) is 7.67. The summed E-state index contributed by atoms with van der Waals surface area (Å²) in [5, 5.41) is 13.9. The van der Waals surface area contributed by atoms with Crippen molar-refractivity contribution in [1.82, 2.24) is 10.6 Å². The van der Waals surface area contributed by atoms with Gasteiger partial charge in [-0.3, -0.25) is 14.4 Å². The predicted octanol–water partition coefficient (Wildman–Crippen LogP) is 4.64. The Balaban J connectivity index is 1.60. The number of nitrogens with one attached hydrogen (secondary N) is 2. The van der Waals surface area contributed by atoms with Crippen molar-refractivity contribution in [2.24, 2.45) is 5.41 Å². The second-order valence-corrected chi connectivity index (χ2v) is 13.0. The summed E-state index contributed by atoms with van der Waals surface area (Å²) >= 11 is 0. The maximum atomic E-state index is 13.8. The van der Waals surface area contributed by atoms with E-state index < -0.39 is 52.2 Å². The van der Waals surface area contributed by atoms with Gasteiger partial charge in [-0.2, -0.15) is 0 Å². The minimum Gasteiger partial charge on any atom is -0.484 e. The van der Waals surface area contributed by atoms with Crippen molar-refractivity contribution in [3.63, 3.8) is 0 Å². The van der Waals surface area contributed by atoms with Crippen molar-refractivity contribution in [1.29, 1.82) is 0 Å². The van der Waals surface area contributed by atoms with E-state index in [2.05, 4.69) is 17.6 Å². The van der Waals surface area contributed by atoms with Gasteiger partial charge in [-0.25, -0.2) is 8.42 Å². The first kappa shape index (κ1) is 32.5. The molecule has 3 aromatic rings. The highest BCUT2D eigenvalue weighted by atomic mass is 32.2. The molecule has 10 nitrogen and oxygen atoms in total. The molecule has 0 saturated heterocycles. The number of ether oxygens (including phenoxy) is 1. The lowest BCUT2D eigenvalue weighted by Gasteiger charge is -2.36. The number of hydrogen-bond acceptors (Lipinski definition) is 7. The summed E-state index contributed by atoms with van der Waals surface area (Å²) in [6.07, 6.45) is 3.37. The lowest BCUT2D eigenvalue weighted by Crippen LogP contribution is -2.43. The van der Waals surface area contributed by atoms with Crippen LogP contribution in [0.1, 0.15) is 51.1 Å². The molecule has 11 heteroatoms. The van der Waals surface area contributed by atoms with Gasteiger partial charge in [0, 0.05) is 23.7 Å². The van der Waals surface area contributed by atoms with Gasteiger partial charge in [0.25, 0.3) is 5.91 Å². The van der Waals surface area contributed by atoms with Gasteiger partial charge in [-0.05, 0) is 42.7 Å². The zero-order chi connectivity index (χ0) is 31.7. The Hall–Kier alpha value is -4.38. The standard InChI is InChI=1S/C33H39N3O7S/c1-3-5-18-33(4-2)22-36(25-14-10-7-11-15-25)27-19-26(16-17-28(27)44(41,42)23-33)43-21-29(37)35-31(24-12-8-6-9-13-24)32(40)34-20-30(38)39/h6-17,19,31H,3-5,18,20-23H2,1-2H3,(H,34,40)(H,35,37)(H,38,39)/t31-,33?/m1/s1. The summed E-state index contributed by atoms with van der Waals surface area (Å²) in [6.45, 7) is 3.60. The van der Waals surface area contributed by atoms with E-state index in [1.807, 2.05) is 42.2 Å². The molecule has 3 aromatic carbocycles. The molecule has 2 atom stereocenters. The molecule has 1 unspecified atom stereocenters. The van der Waals surface area contributed by atoms with Crippen LogP contribution in [0.25, 0.3) is 0 Å². The summed E-state index contributed by atoms with van der Waals surface area (Å²) in [5.74, 6) is -2.17. The van der Waals surface area contributed by atoms with Crippen molar-refractivity contribution < 1.29 is 32.6 Å². The van der Waals surface area contributed by atoms with Crippen molar-refractivity contribution in [2.75, 3.05) is 30.3 Å². The van der Waals surface area contributed by atoms with Crippen LogP contribution in [-0.2, 0) is 24.2 Å². The van der Waals surface area contributed by atoms with Crippen LogP contribution in [-0.4, -0.2) is 56.8 Å². The second-order valence-electron chi connectivity index (χ2n) is 11.1. The summed E-state index contributed by atoms with van der Waals surface area (Å²) in [5.41, 5.74) is 1.36. The summed E-state index contributed by atoms with van der Waals surface area (Å²) in [7, 11) is -3.65. The van der Waals surface area contributed by atoms with Crippen LogP contribution in [0.2, 0.25) is 0 Å². The first-order valence-corrected chi connectivity index (χ1v) is 16.4. The molecule has 1 heterocycles. The molecular formula is C33H39N3O7S. The highest BCUT2D eigenvalue weighted by Gasteiger charge is 2.41. The minimum absolute atomic E-state index is 0.0419. The molecule has 0 aromatic heterocycles. The van der Waals surface area contributed by atoms with Gasteiger partial charge < -0.3 is 25.4 Å². The first-order chi connectivity index (χ1) is 21.1. The van der Waals surface area contributed by atoms with Crippen LogP contribution in [0.15, 0.2) is 83.8 Å². The Morgan fingerprint density at radius 1 is 1.00 bits per heavy atom. The zero-order valence-corrected chi connectivity index (χ0v) is 25.8. The topological polar surface area (TPSA) is 142 Å². The van der Waals surface area contributed by atoms with E-state index in [1.54, 1.807) is 36.4 Å². The summed E-state index contributed by atoms with van der Waals surface area (Å²) < 4.78 is 33.4. The fraction of sp³-hybridized carbons (Fsp3) is 0.364. The molecule has 0 spiro atoms. The summed E-state index contributed by atoms with van der Waals surface area (Å²) in [4.78, 5) is 38.9. The number of rotatable bonds is 13. The quantitative estimate of drug-likeness (QED) is 0.251. The maximum absolute atomic E-state index is 13.8. The third-order valence-corrected chi connectivity index (χ3v) is 9.92. The number of nitrogens with zero attached hydrogens (tertiary/aromatic N) is 1. The molecule has 0 aliphatic carbocycles. The molecule has 2 amide bonds. The van der Waals surface area contributed by atoms with Crippen molar-refractivity contribution in [2.45, 2.75) is 50.5 Å². The fourth-order valence-electron chi connectivity index (χ4n) is 5.50. The summed E-state index contributed by atoms with van der Waals surface area (Å²) in [6, 6.07) is 21.7. The van der Waals surface area contributed by atoms with E-state index in [0.29, 0.717) is 30.0 Å². The van der Waals surface area contributed by atoms with E-state index in [1.165, 1.54) is 12.1 Å². The number of carboxylic acids is 1. The highest BCUT2D eigenvalue weighted by molar-refractivity contribution is 7.91. The average Bonchev–Trinajstić information content (AvgIpc) is 3.13. The van der Waals surface area contributed by atoms with E-state index in [4.69, 9.17) is 9.84 Å². The number of anilines is 2. The predicted molar refractivity (Wildman–Crippen MR) is 168 cm³/mol. The van der Waals surface area contributed by atoms with Crippen molar-refractivity contribution in [3.8, 4) is 5.75 Å². The largest absolute Gasteiger partial charge is 0.484 e. The number of hydrogen-bond donors (Lipinski definition) is 3. The van der Waals surface area contributed by atoms with Gasteiger partial charge in [-0.15, -0.1) is 0 Å². The SMILES string of the molecule is CCCCC1(CC)CN(c2ccccc2)c2cc(OCC(=O)N[C@@H](C(=O)NCC(=O)O)c3ccccc3)ccc2S(=O)(=O)C1. The van der Waals surface area contributed by atoms with E-state index in [-0.39, 0.29) is 10.6 Å².